The van der Waals surface area contributed by atoms with Crippen LogP contribution in [0.3, 0.4) is 0 Å². The van der Waals surface area contributed by atoms with Gasteiger partial charge in [-0.25, -0.2) is 0 Å². The lowest BCUT2D eigenvalue weighted by atomic mass is 10.3. The van der Waals surface area contributed by atoms with Crippen molar-refractivity contribution in [2.45, 2.75) is 38.0 Å². The van der Waals surface area contributed by atoms with Gasteiger partial charge in [0.2, 0.25) is 0 Å². The highest BCUT2D eigenvalue weighted by atomic mass is 32.2. The van der Waals surface area contributed by atoms with E-state index in [4.69, 9.17) is 0 Å². The minimum absolute atomic E-state index is 1.05. The molecule has 0 amide bonds. The van der Waals surface area contributed by atoms with E-state index in [1.54, 1.807) is 11.9 Å². The SMILES string of the molecule is C=CCCNC.CC.c1cc(Sn2ccc3ccccc32)cc(N2CCCC2)c1. The molecule has 3 nitrogen and oxygen atoms in total. The molecule has 2 aromatic carbocycles. The van der Waals surface area contributed by atoms with Crippen LogP contribution < -0.4 is 10.2 Å². The number of benzene rings is 2. The maximum absolute atomic E-state index is 3.56. The van der Waals surface area contributed by atoms with E-state index in [2.05, 4.69) is 81.6 Å². The number of nitrogens with zero attached hydrogens (tertiary/aromatic N) is 2. The second-order valence-electron chi connectivity index (χ2n) is 6.66. The van der Waals surface area contributed by atoms with Gasteiger partial charge in [0.1, 0.15) is 0 Å². The molecule has 0 bridgehead atoms. The van der Waals surface area contributed by atoms with E-state index < -0.39 is 0 Å². The van der Waals surface area contributed by atoms with Crippen LogP contribution in [0.15, 0.2) is 78.3 Å². The van der Waals surface area contributed by atoms with Crippen molar-refractivity contribution in [2.24, 2.45) is 0 Å². The van der Waals surface area contributed by atoms with Crippen LogP contribution in [0, 0.1) is 0 Å². The second-order valence-corrected chi connectivity index (χ2v) is 7.71. The Kier molecular flexibility index (Phi) is 10.5. The average molecular weight is 410 g/mol. The van der Waals surface area contributed by atoms with Crippen LogP contribution >= 0.6 is 11.9 Å². The fourth-order valence-electron chi connectivity index (χ4n) is 3.21. The van der Waals surface area contributed by atoms with Crippen LogP contribution in [-0.4, -0.2) is 30.7 Å². The third-order valence-electron chi connectivity index (χ3n) is 4.65. The first kappa shape index (κ1) is 23.1. The monoisotopic (exact) mass is 409 g/mol. The van der Waals surface area contributed by atoms with E-state index >= 15 is 0 Å². The van der Waals surface area contributed by atoms with Crippen molar-refractivity contribution < 1.29 is 0 Å². The molecule has 1 fully saturated rings. The van der Waals surface area contributed by atoms with Crippen molar-refractivity contribution in [1.82, 2.24) is 9.29 Å². The molecule has 29 heavy (non-hydrogen) atoms. The summed E-state index contributed by atoms with van der Waals surface area (Å²) in [7, 11) is 1.93. The standard InChI is InChI=1S/C18H18N2S.C5H11N.C2H6/c1-2-9-18-15(6-1)10-13-20(18)21-17-8-5-7-16(14-17)19-11-3-4-12-19;1-3-4-5-6-2;1-2/h1-2,5-10,13-14H,3-4,11-12H2;3,6H,1,4-5H2,2H3;1-2H3. The first-order valence-electron chi connectivity index (χ1n) is 10.7. The third kappa shape index (κ3) is 6.98. The van der Waals surface area contributed by atoms with Gasteiger partial charge in [0.05, 0.1) is 5.52 Å². The predicted molar refractivity (Wildman–Crippen MR) is 131 cm³/mol. The molecule has 1 aromatic heterocycles. The number of aromatic nitrogens is 1. The van der Waals surface area contributed by atoms with Gasteiger partial charge >= 0.3 is 0 Å². The zero-order valence-corrected chi connectivity index (χ0v) is 18.9. The van der Waals surface area contributed by atoms with Crippen molar-refractivity contribution >= 4 is 28.5 Å². The molecule has 0 spiro atoms. The summed E-state index contributed by atoms with van der Waals surface area (Å²) in [6, 6.07) is 19.6. The third-order valence-corrected chi connectivity index (χ3v) is 5.63. The highest BCUT2D eigenvalue weighted by Crippen LogP contribution is 2.30. The van der Waals surface area contributed by atoms with Gasteiger partial charge in [0.15, 0.2) is 0 Å². The van der Waals surface area contributed by atoms with Crippen LogP contribution in [0.5, 0.6) is 0 Å². The average Bonchev–Trinajstić information content (AvgIpc) is 3.45. The molecule has 1 N–H and O–H groups in total. The quantitative estimate of drug-likeness (QED) is 0.365. The van der Waals surface area contributed by atoms with Crippen molar-refractivity contribution in [3.05, 3.63) is 73.4 Å². The van der Waals surface area contributed by atoms with E-state index in [1.807, 2.05) is 27.0 Å². The Morgan fingerprint density at radius 2 is 1.79 bits per heavy atom. The molecule has 1 saturated heterocycles. The molecule has 2 heterocycles. The van der Waals surface area contributed by atoms with Crippen molar-refractivity contribution in [2.75, 3.05) is 31.6 Å². The van der Waals surface area contributed by atoms with E-state index in [-0.39, 0.29) is 0 Å². The molecule has 1 aliphatic rings. The minimum atomic E-state index is 1.05. The summed E-state index contributed by atoms with van der Waals surface area (Å²) in [6.07, 6.45) is 7.75. The lowest BCUT2D eigenvalue weighted by Gasteiger charge is -2.18. The maximum Gasteiger partial charge on any atom is 0.0594 e. The summed E-state index contributed by atoms with van der Waals surface area (Å²) < 4.78 is 2.25. The van der Waals surface area contributed by atoms with Gasteiger partial charge in [-0.3, -0.25) is 3.97 Å². The van der Waals surface area contributed by atoms with Gasteiger partial charge in [-0.1, -0.05) is 44.2 Å². The van der Waals surface area contributed by atoms with Crippen molar-refractivity contribution in [3.8, 4) is 0 Å². The molecule has 3 aromatic rings. The molecule has 0 aliphatic carbocycles. The Bertz CT molecular complexity index is 850. The molecule has 4 heteroatoms. The number of hydrogen-bond donors (Lipinski definition) is 1. The number of nitrogens with one attached hydrogen (secondary N) is 1. The molecule has 4 rings (SSSR count). The van der Waals surface area contributed by atoms with Gasteiger partial charge in [0.25, 0.3) is 0 Å². The van der Waals surface area contributed by atoms with Crippen molar-refractivity contribution in [3.63, 3.8) is 0 Å². The van der Waals surface area contributed by atoms with E-state index in [0.717, 1.165) is 13.0 Å². The molecular weight excluding hydrogens is 374 g/mol. The van der Waals surface area contributed by atoms with Gasteiger partial charge in [-0.2, -0.15) is 0 Å². The second kappa shape index (κ2) is 13.1. The van der Waals surface area contributed by atoms with Crippen LogP contribution in [0.2, 0.25) is 0 Å². The zero-order chi connectivity index (χ0) is 20.9. The largest absolute Gasteiger partial charge is 0.372 e. The van der Waals surface area contributed by atoms with Gasteiger partial charge in [-0.05, 0) is 75.1 Å². The Labute approximate surface area is 180 Å². The van der Waals surface area contributed by atoms with Crippen molar-refractivity contribution in [1.29, 1.82) is 0 Å². The summed E-state index contributed by atoms with van der Waals surface area (Å²) in [6.45, 7) is 11.0. The van der Waals surface area contributed by atoms with Crippen LogP contribution in [0.1, 0.15) is 33.1 Å². The molecule has 0 radical (unpaired) electrons. The Hall–Kier alpha value is -2.17. The van der Waals surface area contributed by atoms with E-state index in [9.17, 15) is 0 Å². The highest BCUT2D eigenvalue weighted by Gasteiger charge is 2.12. The van der Waals surface area contributed by atoms with Gasteiger partial charge in [0, 0.05) is 35.3 Å². The summed E-state index contributed by atoms with van der Waals surface area (Å²) in [5.74, 6) is 0. The first-order chi connectivity index (χ1) is 14.3. The number of fused-ring (bicyclic) bond motifs is 1. The predicted octanol–water partition coefficient (Wildman–Crippen LogP) is 6.61. The molecular formula is C25H35N3S. The lowest BCUT2D eigenvalue weighted by Crippen LogP contribution is -2.17. The number of anilines is 1. The maximum atomic E-state index is 3.56. The first-order valence-corrected chi connectivity index (χ1v) is 11.4. The number of rotatable bonds is 6. The lowest BCUT2D eigenvalue weighted by molar-refractivity contribution is 0.809. The smallest absolute Gasteiger partial charge is 0.0594 e. The fourth-order valence-corrected chi connectivity index (χ4v) is 4.14. The van der Waals surface area contributed by atoms with Gasteiger partial charge in [-0.15, -0.1) is 6.58 Å². The van der Waals surface area contributed by atoms with Crippen LogP contribution in [0.4, 0.5) is 5.69 Å². The molecule has 0 saturated carbocycles. The summed E-state index contributed by atoms with van der Waals surface area (Å²) in [5, 5.41) is 4.29. The fraction of sp³-hybridized carbons (Fsp3) is 0.360. The molecule has 0 atom stereocenters. The van der Waals surface area contributed by atoms with Crippen LogP contribution in [0.25, 0.3) is 10.9 Å². The van der Waals surface area contributed by atoms with Gasteiger partial charge < -0.3 is 10.2 Å². The summed E-state index contributed by atoms with van der Waals surface area (Å²) in [4.78, 5) is 3.78. The Balaban J connectivity index is 0.000000325. The van der Waals surface area contributed by atoms with E-state index in [0.29, 0.717) is 0 Å². The normalized spacial score (nSPS) is 12.7. The number of para-hydroxylation sites is 1. The molecule has 1 aliphatic heterocycles. The molecule has 156 valence electrons. The summed E-state index contributed by atoms with van der Waals surface area (Å²) >= 11 is 1.79. The highest BCUT2D eigenvalue weighted by molar-refractivity contribution is 7.98. The van der Waals surface area contributed by atoms with E-state index in [1.165, 1.54) is 47.4 Å². The Morgan fingerprint density at radius 1 is 1.03 bits per heavy atom. The minimum Gasteiger partial charge on any atom is -0.372 e. The zero-order valence-electron chi connectivity index (χ0n) is 18.1. The molecule has 0 unspecified atom stereocenters. The van der Waals surface area contributed by atoms with Crippen LogP contribution in [-0.2, 0) is 0 Å². The summed E-state index contributed by atoms with van der Waals surface area (Å²) in [5.41, 5.74) is 2.63. The topological polar surface area (TPSA) is 20.2 Å². The number of hydrogen-bond acceptors (Lipinski definition) is 3. The Morgan fingerprint density at radius 3 is 2.48 bits per heavy atom.